The first kappa shape index (κ1) is 17.6. The Morgan fingerprint density at radius 2 is 2.00 bits per heavy atom. The van der Waals surface area contributed by atoms with E-state index < -0.39 is 5.82 Å². The van der Waals surface area contributed by atoms with E-state index in [4.69, 9.17) is 0 Å². The van der Waals surface area contributed by atoms with Crippen LogP contribution >= 0.6 is 0 Å². The number of amides is 1. The van der Waals surface area contributed by atoms with Gasteiger partial charge < -0.3 is 10.2 Å². The number of halogens is 1. The van der Waals surface area contributed by atoms with Gasteiger partial charge in [-0.1, -0.05) is 19.9 Å². The molecular formula is C17H27FN2O. The van der Waals surface area contributed by atoms with Crippen molar-refractivity contribution in [2.75, 3.05) is 19.6 Å². The lowest BCUT2D eigenvalue weighted by molar-refractivity contribution is 0.0933. The van der Waals surface area contributed by atoms with Gasteiger partial charge in [0.1, 0.15) is 5.82 Å². The molecule has 1 amide bonds. The van der Waals surface area contributed by atoms with Crippen molar-refractivity contribution in [3.8, 4) is 0 Å². The van der Waals surface area contributed by atoms with E-state index in [1.807, 2.05) is 6.92 Å². The quantitative estimate of drug-likeness (QED) is 0.797. The minimum absolute atomic E-state index is 0.0498. The van der Waals surface area contributed by atoms with Crippen LogP contribution in [0.15, 0.2) is 18.2 Å². The van der Waals surface area contributed by atoms with E-state index in [9.17, 15) is 9.18 Å². The van der Waals surface area contributed by atoms with Crippen molar-refractivity contribution in [3.05, 3.63) is 35.1 Å². The molecule has 21 heavy (non-hydrogen) atoms. The van der Waals surface area contributed by atoms with Gasteiger partial charge in [0.25, 0.3) is 5.91 Å². The number of nitrogens with zero attached hydrogens (tertiary/aromatic N) is 1. The van der Waals surface area contributed by atoms with Gasteiger partial charge in [-0.3, -0.25) is 4.79 Å². The van der Waals surface area contributed by atoms with Crippen molar-refractivity contribution < 1.29 is 9.18 Å². The Kier molecular flexibility index (Phi) is 7.37. The molecule has 1 aromatic carbocycles. The van der Waals surface area contributed by atoms with Crippen LogP contribution in [0, 0.1) is 12.7 Å². The molecule has 118 valence electrons. The predicted molar refractivity (Wildman–Crippen MR) is 85.1 cm³/mol. The Hall–Kier alpha value is -1.42. The molecule has 0 heterocycles. The summed E-state index contributed by atoms with van der Waals surface area (Å²) in [5.74, 6) is -0.786. The van der Waals surface area contributed by atoms with Gasteiger partial charge in [0.2, 0.25) is 0 Å². The summed E-state index contributed by atoms with van der Waals surface area (Å²) in [4.78, 5) is 14.4. The second-order valence-electron chi connectivity index (χ2n) is 5.53. The molecule has 0 saturated carbocycles. The van der Waals surface area contributed by atoms with Gasteiger partial charge in [-0.05, 0) is 64.0 Å². The van der Waals surface area contributed by atoms with Gasteiger partial charge in [0.05, 0.1) is 5.56 Å². The van der Waals surface area contributed by atoms with E-state index in [1.54, 1.807) is 19.1 Å². The van der Waals surface area contributed by atoms with Crippen molar-refractivity contribution in [1.82, 2.24) is 10.2 Å². The van der Waals surface area contributed by atoms with Gasteiger partial charge in [-0.15, -0.1) is 0 Å². The second-order valence-corrected chi connectivity index (χ2v) is 5.53. The number of carbonyl (C=O) groups excluding carboxylic acids is 1. The lowest BCUT2D eigenvalue weighted by atomic mass is 10.1. The SMILES string of the molecule is CCN(CC)CCCC(C)NC(=O)c1ccc(C)cc1F. The third-order valence-corrected chi connectivity index (χ3v) is 3.75. The van der Waals surface area contributed by atoms with Crippen LogP contribution in [0.2, 0.25) is 0 Å². The number of hydrogen-bond donors (Lipinski definition) is 1. The van der Waals surface area contributed by atoms with Crippen LogP contribution < -0.4 is 5.32 Å². The molecule has 1 unspecified atom stereocenters. The maximum absolute atomic E-state index is 13.7. The lowest BCUT2D eigenvalue weighted by Gasteiger charge is -2.19. The topological polar surface area (TPSA) is 32.3 Å². The van der Waals surface area contributed by atoms with Crippen molar-refractivity contribution in [2.45, 2.75) is 46.6 Å². The first-order valence-electron chi connectivity index (χ1n) is 7.77. The Morgan fingerprint density at radius 3 is 2.57 bits per heavy atom. The molecule has 1 atom stereocenters. The van der Waals surface area contributed by atoms with Gasteiger partial charge in [0.15, 0.2) is 0 Å². The van der Waals surface area contributed by atoms with Gasteiger partial charge >= 0.3 is 0 Å². The summed E-state index contributed by atoms with van der Waals surface area (Å²) in [6.07, 6.45) is 1.93. The summed E-state index contributed by atoms with van der Waals surface area (Å²) in [5, 5.41) is 2.87. The fraction of sp³-hybridized carbons (Fsp3) is 0.588. The second kappa shape index (κ2) is 8.78. The fourth-order valence-corrected chi connectivity index (χ4v) is 2.34. The molecule has 0 aromatic heterocycles. The maximum Gasteiger partial charge on any atom is 0.254 e. The Labute approximate surface area is 127 Å². The third-order valence-electron chi connectivity index (χ3n) is 3.75. The predicted octanol–water partition coefficient (Wildman–Crippen LogP) is 3.37. The normalized spacial score (nSPS) is 12.5. The first-order valence-corrected chi connectivity index (χ1v) is 7.77. The number of nitrogens with one attached hydrogen (secondary N) is 1. The molecule has 4 heteroatoms. The smallest absolute Gasteiger partial charge is 0.254 e. The summed E-state index contributed by atoms with van der Waals surface area (Å²) in [6.45, 7) is 11.2. The van der Waals surface area contributed by atoms with Crippen LogP contribution in [-0.2, 0) is 0 Å². The molecule has 0 bridgehead atoms. The van der Waals surface area contributed by atoms with E-state index in [0.29, 0.717) is 0 Å². The summed E-state index contributed by atoms with van der Waals surface area (Å²) in [7, 11) is 0. The highest BCUT2D eigenvalue weighted by Gasteiger charge is 2.14. The summed E-state index contributed by atoms with van der Waals surface area (Å²) >= 11 is 0. The van der Waals surface area contributed by atoms with Gasteiger partial charge in [-0.25, -0.2) is 4.39 Å². The van der Waals surface area contributed by atoms with Crippen LogP contribution in [0.5, 0.6) is 0 Å². The number of hydrogen-bond acceptors (Lipinski definition) is 2. The monoisotopic (exact) mass is 294 g/mol. The zero-order chi connectivity index (χ0) is 15.8. The van der Waals surface area contributed by atoms with E-state index in [-0.39, 0.29) is 17.5 Å². The molecule has 0 aliphatic heterocycles. The number of carbonyl (C=O) groups is 1. The number of benzene rings is 1. The zero-order valence-corrected chi connectivity index (χ0v) is 13.6. The highest BCUT2D eigenvalue weighted by molar-refractivity contribution is 5.94. The molecule has 0 fully saturated rings. The molecule has 0 radical (unpaired) electrons. The molecule has 1 aromatic rings. The average Bonchev–Trinajstić information content (AvgIpc) is 2.43. The van der Waals surface area contributed by atoms with Crippen molar-refractivity contribution in [1.29, 1.82) is 0 Å². The van der Waals surface area contributed by atoms with E-state index in [0.717, 1.165) is 38.0 Å². The minimum atomic E-state index is -0.456. The largest absolute Gasteiger partial charge is 0.349 e. The maximum atomic E-state index is 13.7. The first-order chi connectivity index (χ1) is 9.97. The van der Waals surface area contributed by atoms with Crippen LogP contribution in [0.4, 0.5) is 4.39 Å². The van der Waals surface area contributed by atoms with E-state index in [1.165, 1.54) is 6.07 Å². The molecule has 1 N–H and O–H groups in total. The molecule has 1 rings (SSSR count). The number of rotatable bonds is 8. The van der Waals surface area contributed by atoms with Crippen LogP contribution in [0.25, 0.3) is 0 Å². The van der Waals surface area contributed by atoms with E-state index in [2.05, 4.69) is 24.1 Å². The Balaban J connectivity index is 2.43. The lowest BCUT2D eigenvalue weighted by Crippen LogP contribution is -2.34. The molecular weight excluding hydrogens is 267 g/mol. The molecule has 3 nitrogen and oxygen atoms in total. The molecule has 0 aliphatic rings. The van der Waals surface area contributed by atoms with Crippen molar-refractivity contribution in [2.24, 2.45) is 0 Å². The zero-order valence-electron chi connectivity index (χ0n) is 13.6. The highest BCUT2D eigenvalue weighted by atomic mass is 19.1. The van der Waals surface area contributed by atoms with Crippen LogP contribution in [0.1, 0.15) is 49.5 Å². The molecule has 0 saturated heterocycles. The fourth-order valence-electron chi connectivity index (χ4n) is 2.34. The molecule has 0 aliphatic carbocycles. The summed E-state index contributed by atoms with van der Waals surface area (Å²) < 4.78 is 13.7. The number of aryl methyl sites for hydroxylation is 1. The van der Waals surface area contributed by atoms with E-state index >= 15 is 0 Å². The summed E-state index contributed by atoms with van der Waals surface area (Å²) in [5.41, 5.74) is 0.938. The Morgan fingerprint density at radius 1 is 1.33 bits per heavy atom. The third kappa shape index (κ3) is 5.84. The van der Waals surface area contributed by atoms with Gasteiger partial charge in [0, 0.05) is 6.04 Å². The van der Waals surface area contributed by atoms with Gasteiger partial charge in [-0.2, -0.15) is 0 Å². The van der Waals surface area contributed by atoms with Crippen LogP contribution in [-0.4, -0.2) is 36.5 Å². The standard InChI is InChI=1S/C17H27FN2O/c1-5-20(6-2)11-7-8-14(4)19-17(21)15-10-9-13(3)12-16(15)18/h9-10,12,14H,5-8,11H2,1-4H3,(H,19,21). The highest BCUT2D eigenvalue weighted by Crippen LogP contribution is 2.10. The minimum Gasteiger partial charge on any atom is -0.349 e. The summed E-state index contributed by atoms with van der Waals surface area (Å²) in [6, 6.07) is 4.74. The van der Waals surface area contributed by atoms with Crippen molar-refractivity contribution >= 4 is 5.91 Å². The average molecular weight is 294 g/mol. The molecule has 0 spiro atoms. The van der Waals surface area contributed by atoms with Crippen molar-refractivity contribution in [3.63, 3.8) is 0 Å². The van der Waals surface area contributed by atoms with Crippen LogP contribution in [0.3, 0.4) is 0 Å². The Bertz CT molecular complexity index is 458.